The van der Waals surface area contributed by atoms with Crippen LogP contribution in [-0.2, 0) is 4.79 Å². The van der Waals surface area contributed by atoms with Gasteiger partial charge < -0.3 is 9.47 Å². The standard InChI is InChI=1S/C14H15ClO3/c1-9(2)11(8-16)5-10-6-12(15)14-13(7-10)17-3-4-18-14/h5-9H,3-4H2,1-2H3. The lowest BCUT2D eigenvalue weighted by Gasteiger charge is -2.20. The Hall–Kier alpha value is -1.48. The molecule has 0 aromatic heterocycles. The van der Waals surface area contributed by atoms with Gasteiger partial charge in [0.05, 0.1) is 5.02 Å². The summed E-state index contributed by atoms with van der Waals surface area (Å²) in [4.78, 5) is 11.0. The Kier molecular flexibility index (Phi) is 3.92. The van der Waals surface area contributed by atoms with Gasteiger partial charge in [0.25, 0.3) is 0 Å². The van der Waals surface area contributed by atoms with Crippen LogP contribution in [0.1, 0.15) is 19.4 Å². The molecule has 0 atom stereocenters. The molecule has 1 aromatic rings. The maximum Gasteiger partial charge on any atom is 0.179 e. The second-order valence-corrected chi connectivity index (χ2v) is 4.85. The van der Waals surface area contributed by atoms with Gasteiger partial charge in [0.2, 0.25) is 0 Å². The first-order valence-corrected chi connectivity index (χ1v) is 6.25. The van der Waals surface area contributed by atoms with Gasteiger partial charge in [-0.05, 0) is 35.3 Å². The molecule has 0 spiro atoms. The Balaban J connectivity index is 2.41. The van der Waals surface area contributed by atoms with E-state index < -0.39 is 0 Å². The van der Waals surface area contributed by atoms with Gasteiger partial charge in [0.1, 0.15) is 19.5 Å². The average Bonchev–Trinajstić information content (AvgIpc) is 2.35. The first-order chi connectivity index (χ1) is 8.61. The van der Waals surface area contributed by atoms with Crippen molar-refractivity contribution in [1.82, 2.24) is 0 Å². The van der Waals surface area contributed by atoms with E-state index in [9.17, 15) is 4.79 Å². The number of rotatable bonds is 3. The lowest BCUT2D eigenvalue weighted by atomic mass is 10.0. The Morgan fingerprint density at radius 1 is 1.33 bits per heavy atom. The zero-order valence-electron chi connectivity index (χ0n) is 10.4. The SMILES string of the molecule is CC(C)C(C=O)=Cc1cc(Cl)c2c(c1)OCCO2. The zero-order valence-corrected chi connectivity index (χ0v) is 11.2. The highest BCUT2D eigenvalue weighted by Gasteiger charge is 2.16. The largest absolute Gasteiger partial charge is 0.486 e. The Morgan fingerprint density at radius 2 is 2.06 bits per heavy atom. The van der Waals surface area contributed by atoms with Crippen LogP contribution in [0.5, 0.6) is 11.5 Å². The van der Waals surface area contributed by atoms with Crippen molar-refractivity contribution in [3.8, 4) is 11.5 Å². The van der Waals surface area contributed by atoms with Gasteiger partial charge in [0.15, 0.2) is 11.5 Å². The molecule has 0 fully saturated rings. The zero-order chi connectivity index (χ0) is 13.1. The fourth-order valence-corrected chi connectivity index (χ4v) is 2.02. The lowest BCUT2D eigenvalue weighted by molar-refractivity contribution is -0.105. The Bertz CT molecular complexity index is 492. The van der Waals surface area contributed by atoms with E-state index in [1.807, 2.05) is 26.0 Å². The van der Waals surface area contributed by atoms with Crippen LogP contribution >= 0.6 is 11.6 Å². The first-order valence-electron chi connectivity index (χ1n) is 5.87. The van der Waals surface area contributed by atoms with E-state index in [0.29, 0.717) is 29.7 Å². The number of aldehydes is 1. The lowest BCUT2D eigenvalue weighted by Crippen LogP contribution is -2.15. The van der Waals surface area contributed by atoms with Crippen molar-refractivity contribution < 1.29 is 14.3 Å². The summed E-state index contributed by atoms with van der Waals surface area (Å²) in [6, 6.07) is 3.62. The summed E-state index contributed by atoms with van der Waals surface area (Å²) in [7, 11) is 0. The molecular formula is C14H15ClO3. The first kappa shape index (κ1) is 13.0. The highest BCUT2D eigenvalue weighted by Crippen LogP contribution is 2.38. The number of ether oxygens (including phenoxy) is 2. The number of carbonyl (C=O) groups excluding carboxylic acids is 1. The smallest absolute Gasteiger partial charge is 0.179 e. The highest BCUT2D eigenvalue weighted by molar-refractivity contribution is 6.32. The summed E-state index contributed by atoms with van der Waals surface area (Å²) in [5.74, 6) is 1.39. The van der Waals surface area contributed by atoms with Crippen LogP contribution in [0, 0.1) is 5.92 Å². The molecule has 0 saturated heterocycles. The van der Waals surface area contributed by atoms with E-state index in [2.05, 4.69) is 0 Å². The molecule has 96 valence electrons. The van der Waals surface area contributed by atoms with Crippen molar-refractivity contribution >= 4 is 24.0 Å². The molecule has 0 unspecified atom stereocenters. The molecule has 1 aromatic carbocycles. The second-order valence-electron chi connectivity index (χ2n) is 4.44. The van der Waals surface area contributed by atoms with Crippen LogP contribution in [-0.4, -0.2) is 19.5 Å². The molecule has 0 radical (unpaired) electrons. The maximum absolute atomic E-state index is 11.0. The molecule has 0 aliphatic carbocycles. The molecule has 1 aliphatic rings. The van der Waals surface area contributed by atoms with Crippen molar-refractivity contribution in [2.45, 2.75) is 13.8 Å². The van der Waals surface area contributed by atoms with E-state index in [0.717, 1.165) is 17.4 Å². The molecule has 0 N–H and O–H groups in total. The van der Waals surface area contributed by atoms with Crippen molar-refractivity contribution in [3.05, 3.63) is 28.3 Å². The number of hydrogen-bond donors (Lipinski definition) is 0. The molecule has 18 heavy (non-hydrogen) atoms. The number of halogens is 1. The number of allylic oxidation sites excluding steroid dienone is 1. The summed E-state index contributed by atoms with van der Waals surface area (Å²) in [6.07, 6.45) is 2.69. The minimum atomic E-state index is 0.175. The number of fused-ring (bicyclic) bond motifs is 1. The second kappa shape index (κ2) is 5.44. The fraction of sp³-hybridized carbons (Fsp3) is 0.357. The Labute approximate surface area is 111 Å². The Morgan fingerprint density at radius 3 is 2.72 bits per heavy atom. The van der Waals surface area contributed by atoms with E-state index in [1.165, 1.54) is 0 Å². The molecule has 1 aliphatic heterocycles. The van der Waals surface area contributed by atoms with Gasteiger partial charge in [-0.2, -0.15) is 0 Å². The van der Waals surface area contributed by atoms with Gasteiger partial charge in [-0.15, -0.1) is 0 Å². The van der Waals surface area contributed by atoms with Crippen LogP contribution < -0.4 is 9.47 Å². The molecule has 0 amide bonds. The van der Waals surface area contributed by atoms with Gasteiger partial charge in [-0.25, -0.2) is 0 Å². The monoisotopic (exact) mass is 266 g/mol. The summed E-state index contributed by atoms with van der Waals surface area (Å²) < 4.78 is 10.9. The topological polar surface area (TPSA) is 35.5 Å². The summed E-state index contributed by atoms with van der Waals surface area (Å²) in [6.45, 7) is 4.97. The molecule has 0 bridgehead atoms. The van der Waals surface area contributed by atoms with E-state index in [4.69, 9.17) is 21.1 Å². The van der Waals surface area contributed by atoms with E-state index >= 15 is 0 Å². The third-order valence-corrected chi connectivity index (χ3v) is 3.04. The van der Waals surface area contributed by atoms with Crippen LogP contribution in [0.15, 0.2) is 17.7 Å². The minimum absolute atomic E-state index is 0.175. The van der Waals surface area contributed by atoms with Crippen LogP contribution in [0.4, 0.5) is 0 Å². The van der Waals surface area contributed by atoms with Crippen molar-refractivity contribution in [2.75, 3.05) is 13.2 Å². The third-order valence-electron chi connectivity index (χ3n) is 2.76. The number of hydrogen-bond acceptors (Lipinski definition) is 3. The van der Waals surface area contributed by atoms with Crippen molar-refractivity contribution in [2.24, 2.45) is 5.92 Å². The number of benzene rings is 1. The summed E-state index contributed by atoms with van der Waals surface area (Å²) in [5, 5.41) is 0.507. The fourth-order valence-electron chi connectivity index (χ4n) is 1.74. The van der Waals surface area contributed by atoms with Crippen molar-refractivity contribution in [3.63, 3.8) is 0 Å². The summed E-state index contributed by atoms with van der Waals surface area (Å²) >= 11 is 6.13. The minimum Gasteiger partial charge on any atom is -0.486 e. The number of carbonyl (C=O) groups is 1. The molecule has 0 saturated carbocycles. The van der Waals surface area contributed by atoms with Crippen LogP contribution in [0.2, 0.25) is 5.02 Å². The average molecular weight is 267 g/mol. The molecule has 1 heterocycles. The predicted octanol–water partition coefficient (Wildman–Crippen LogP) is 3.35. The van der Waals surface area contributed by atoms with Gasteiger partial charge in [0, 0.05) is 0 Å². The molecule has 3 nitrogen and oxygen atoms in total. The van der Waals surface area contributed by atoms with Gasteiger partial charge >= 0.3 is 0 Å². The highest BCUT2D eigenvalue weighted by atomic mass is 35.5. The third kappa shape index (κ3) is 2.67. The van der Waals surface area contributed by atoms with E-state index in [1.54, 1.807) is 6.07 Å². The molecule has 2 rings (SSSR count). The van der Waals surface area contributed by atoms with Gasteiger partial charge in [-0.3, -0.25) is 4.79 Å². The maximum atomic E-state index is 11.0. The molecular weight excluding hydrogens is 252 g/mol. The van der Waals surface area contributed by atoms with Crippen LogP contribution in [0.25, 0.3) is 6.08 Å². The molecule has 4 heteroatoms. The van der Waals surface area contributed by atoms with Crippen LogP contribution in [0.3, 0.4) is 0 Å². The predicted molar refractivity (Wildman–Crippen MR) is 71.3 cm³/mol. The quantitative estimate of drug-likeness (QED) is 0.622. The normalized spacial score (nSPS) is 14.8. The van der Waals surface area contributed by atoms with Crippen molar-refractivity contribution in [1.29, 1.82) is 0 Å². The van der Waals surface area contributed by atoms with Gasteiger partial charge in [-0.1, -0.05) is 25.4 Å². The summed E-state index contributed by atoms with van der Waals surface area (Å²) in [5.41, 5.74) is 1.57. The van der Waals surface area contributed by atoms with E-state index in [-0.39, 0.29) is 5.92 Å².